The third-order valence-corrected chi connectivity index (χ3v) is 5.77. The van der Waals surface area contributed by atoms with Crippen LogP contribution in [0.3, 0.4) is 0 Å². The lowest BCUT2D eigenvalue weighted by atomic mass is 10.1. The molecule has 1 aromatic carbocycles. The van der Waals surface area contributed by atoms with Gasteiger partial charge in [-0.05, 0) is 37.0 Å². The zero-order valence-electron chi connectivity index (χ0n) is 17.4. The highest BCUT2D eigenvalue weighted by molar-refractivity contribution is 5.91. The van der Waals surface area contributed by atoms with E-state index in [0.717, 1.165) is 34.5 Å². The fourth-order valence-electron chi connectivity index (χ4n) is 3.88. The van der Waals surface area contributed by atoms with Gasteiger partial charge in [-0.2, -0.15) is 5.10 Å². The molecule has 0 spiro atoms. The number of nitrogens with one attached hydrogen (secondary N) is 2. The summed E-state index contributed by atoms with van der Waals surface area (Å²) in [6.07, 6.45) is 5.29. The molecule has 1 saturated carbocycles. The lowest BCUT2D eigenvalue weighted by Gasteiger charge is -2.27. The lowest BCUT2D eigenvalue weighted by Crippen LogP contribution is -2.37. The molecule has 0 atom stereocenters. The molecule has 0 saturated heterocycles. The van der Waals surface area contributed by atoms with Crippen molar-refractivity contribution in [3.8, 4) is 0 Å². The van der Waals surface area contributed by atoms with E-state index in [4.69, 9.17) is 9.97 Å². The maximum Gasteiger partial charge on any atom is 0.225 e. The van der Waals surface area contributed by atoms with Gasteiger partial charge in [0.2, 0.25) is 5.91 Å². The zero-order valence-corrected chi connectivity index (χ0v) is 17.4. The Morgan fingerprint density at radius 3 is 2.80 bits per heavy atom. The highest BCUT2D eigenvalue weighted by atomic mass is 16.2. The summed E-state index contributed by atoms with van der Waals surface area (Å²) in [4.78, 5) is 23.8. The van der Waals surface area contributed by atoms with Gasteiger partial charge in [0, 0.05) is 42.1 Å². The first-order chi connectivity index (χ1) is 14.6. The molecule has 1 aliphatic heterocycles. The number of anilines is 2. The number of H-pyrrole nitrogens is 1. The Morgan fingerprint density at radius 2 is 2.07 bits per heavy atom. The Bertz CT molecular complexity index is 1130. The molecule has 0 bridgehead atoms. The van der Waals surface area contributed by atoms with Gasteiger partial charge in [-0.25, -0.2) is 9.97 Å². The van der Waals surface area contributed by atoms with Crippen LogP contribution in [0.15, 0.2) is 36.4 Å². The zero-order chi connectivity index (χ0) is 20.7. The number of hydrogen-bond acceptors (Lipinski definition) is 5. The lowest BCUT2D eigenvalue weighted by molar-refractivity contribution is -0.134. The maximum absolute atomic E-state index is 12.3. The number of fused-ring (bicyclic) bond motifs is 1. The Labute approximate surface area is 175 Å². The van der Waals surface area contributed by atoms with Crippen molar-refractivity contribution in [2.24, 2.45) is 5.92 Å². The molecular formula is C23H26N6O. The van der Waals surface area contributed by atoms with Gasteiger partial charge in [0.15, 0.2) is 11.6 Å². The third kappa shape index (κ3) is 3.67. The molecular weight excluding hydrogens is 376 g/mol. The number of benzene rings is 1. The number of amides is 1. The van der Waals surface area contributed by atoms with Crippen LogP contribution in [0.5, 0.6) is 0 Å². The quantitative estimate of drug-likeness (QED) is 0.666. The van der Waals surface area contributed by atoms with Crippen molar-refractivity contribution < 1.29 is 4.79 Å². The van der Waals surface area contributed by atoms with Crippen molar-refractivity contribution in [1.29, 1.82) is 0 Å². The highest BCUT2D eigenvalue weighted by Crippen LogP contribution is 2.40. The minimum atomic E-state index is 0.0158. The Morgan fingerprint density at radius 1 is 1.23 bits per heavy atom. The summed E-state index contributed by atoms with van der Waals surface area (Å²) in [7, 11) is 0. The minimum Gasteiger partial charge on any atom is -0.338 e. The van der Waals surface area contributed by atoms with E-state index in [1.807, 2.05) is 43.0 Å². The van der Waals surface area contributed by atoms with Crippen LogP contribution in [0.2, 0.25) is 0 Å². The number of rotatable bonds is 5. The molecule has 2 N–H and O–H groups in total. The van der Waals surface area contributed by atoms with Gasteiger partial charge in [0.05, 0.1) is 5.52 Å². The van der Waals surface area contributed by atoms with Crippen LogP contribution < -0.4 is 5.32 Å². The van der Waals surface area contributed by atoms with Gasteiger partial charge in [-0.1, -0.05) is 32.1 Å². The molecule has 2 aliphatic rings. The number of aromatic nitrogens is 4. The standard InChI is InChI=1S/C23H26N6O/c1-14(2)23(30)29-11-9-16(10-12-29)21-24-18-6-4-3-5-17(18)22(26-21)25-20-13-19(27-28-20)15-7-8-15/h3-6,9,13-15H,7-8,10-12H2,1-2H3,(H2,24,25,26,27,28). The number of carbonyl (C=O) groups excluding carboxylic acids is 1. The van der Waals surface area contributed by atoms with Gasteiger partial charge in [-0.3, -0.25) is 9.89 Å². The van der Waals surface area contributed by atoms with Crippen molar-refractivity contribution in [2.75, 3.05) is 18.4 Å². The van der Waals surface area contributed by atoms with E-state index < -0.39 is 0 Å². The normalized spacial score (nSPS) is 16.8. The van der Waals surface area contributed by atoms with Crippen molar-refractivity contribution in [3.63, 3.8) is 0 Å². The minimum absolute atomic E-state index is 0.0158. The third-order valence-electron chi connectivity index (χ3n) is 5.77. The largest absolute Gasteiger partial charge is 0.338 e. The summed E-state index contributed by atoms with van der Waals surface area (Å²) >= 11 is 0. The summed E-state index contributed by atoms with van der Waals surface area (Å²) in [6.45, 7) is 5.19. The molecule has 1 amide bonds. The van der Waals surface area contributed by atoms with Crippen LogP contribution in [0.1, 0.15) is 50.5 Å². The number of carbonyl (C=O) groups is 1. The average molecular weight is 403 g/mol. The fourth-order valence-corrected chi connectivity index (χ4v) is 3.88. The van der Waals surface area contributed by atoms with Crippen molar-refractivity contribution in [2.45, 2.75) is 39.0 Å². The van der Waals surface area contributed by atoms with Gasteiger partial charge < -0.3 is 10.2 Å². The van der Waals surface area contributed by atoms with Gasteiger partial charge in [-0.15, -0.1) is 0 Å². The summed E-state index contributed by atoms with van der Waals surface area (Å²) < 4.78 is 0. The number of aromatic amines is 1. The molecule has 7 heteroatoms. The summed E-state index contributed by atoms with van der Waals surface area (Å²) in [5.41, 5.74) is 3.16. The number of nitrogens with zero attached hydrogens (tertiary/aromatic N) is 4. The molecule has 3 heterocycles. The second kappa shape index (κ2) is 7.55. The van der Waals surface area contributed by atoms with Gasteiger partial charge in [0.1, 0.15) is 5.82 Å². The fraction of sp³-hybridized carbons (Fsp3) is 0.391. The molecule has 1 fully saturated rings. The number of para-hydroxylation sites is 1. The van der Waals surface area contributed by atoms with E-state index in [-0.39, 0.29) is 11.8 Å². The Kier molecular flexibility index (Phi) is 4.73. The van der Waals surface area contributed by atoms with Crippen LogP contribution in [0.25, 0.3) is 16.5 Å². The molecule has 7 nitrogen and oxygen atoms in total. The van der Waals surface area contributed by atoms with E-state index in [0.29, 0.717) is 24.8 Å². The van der Waals surface area contributed by atoms with Crippen LogP contribution in [0.4, 0.5) is 11.6 Å². The predicted molar refractivity (Wildman–Crippen MR) is 117 cm³/mol. The first-order valence-corrected chi connectivity index (χ1v) is 10.7. The summed E-state index contributed by atoms with van der Waals surface area (Å²) in [6, 6.07) is 10.1. The average Bonchev–Trinajstić information content (AvgIpc) is 3.52. The molecule has 2 aromatic heterocycles. The van der Waals surface area contributed by atoms with E-state index in [2.05, 4.69) is 27.7 Å². The topological polar surface area (TPSA) is 86.8 Å². The van der Waals surface area contributed by atoms with E-state index in [9.17, 15) is 4.79 Å². The SMILES string of the molecule is CC(C)C(=O)N1CC=C(c2nc(Nc3cc(C4CC4)[nH]n3)c3ccccc3n2)CC1. The smallest absolute Gasteiger partial charge is 0.225 e. The highest BCUT2D eigenvalue weighted by Gasteiger charge is 2.26. The maximum atomic E-state index is 12.3. The van der Waals surface area contributed by atoms with Crippen molar-refractivity contribution in [3.05, 3.63) is 47.9 Å². The van der Waals surface area contributed by atoms with Gasteiger partial charge >= 0.3 is 0 Å². The number of hydrogen-bond donors (Lipinski definition) is 2. The molecule has 154 valence electrons. The second-order valence-corrected chi connectivity index (χ2v) is 8.44. The monoisotopic (exact) mass is 402 g/mol. The van der Waals surface area contributed by atoms with Crippen LogP contribution in [-0.2, 0) is 4.79 Å². The molecule has 0 unspecified atom stereocenters. The first kappa shape index (κ1) is 18.8. The van der Waals surface area contributed by atoms with E-state index in [1.165, 1.54) is 18.5 Å². The molecule has 3 aromatic rings. The van der Waals surface area contributed by atoms with Crippen LogP contribution in [0, 0.1) is 5.92 Å². The van der Waals surface area contributed by atoms with Crippen LogP contribution in [-0.4, -0.2) is 44.1 Å². The summed E-state index contributed by atoms with van der Waals surface area (Å²) in [5.74, 6) is 3.07. The summed E-state index contributed by atoms with van der Waals surface area (Å²) in [5, 5.41) is 11.9. The molecule has 5 rings (SSSR count). The Balaban J connectivity index is 1.45. The predicted octanol–water partition coefficient (Wildman–Crippen LogP) is 4.25. The van der Waals surface area contributed by atoms with E-state index in [1.54, 1.807) is 0 Å². The second-order valence-electron chi connectivity index (χ2n) is 8.44. The van der Waals surface area contributed by atoms with Crippen molar-refractivity contribution >= 4 is 34.0 Å². The molecule has 1 aliphatic carbocycles. The van der Waals surface area contributed by atoms with E-state index >= 15 is 0 Å². The molecule has 30 heavy (non-hydrogen) atoms. The van der Waals surface area contributed by atoms with Crippen molar-refractivity contribution in [1.82, 2.24) is 25.1 Å². The van der Waals surface area contributed by atoms with Gasteiger partial charge in [0.25, 0.3) is 0 Å². The first-order valence-electron chi connectivity index (χ1n) is 10.7. The Hall–Kier alpha value is -3.22. The molecule has 0 radical (unpaired) electrons. The van der Waals surface area contributed by atoms with Crippen LogP contribution >= 0.6 is 0 Å².